The third-order valence-corrected chi connectivity index (χ3v) is 6.61. The van der Waals surface area contributed by atoms with Crippen molar-refractivity contribution >= 4 is 38.1 Å². The van der Waals surface area contributed by atoms with Crippen LogP contribution in [-0.4, -0.2) is 34.7 Å². The summed E-state index contributed by atoms with van der Waals surface area (Å²) < 4.78 is 65.8. The molecule has 1 aromatic rings. The zero-order chi connectivity index (χ0) is 18.6. The Morgan fingerprint density at radius 3 is 2.12 bits per heavy atom. The van der Waals surface area contributed by atoms with Crippen LogP contribution in [0.3, 0.4) is 0 Å². The summed E-state index contributed by atoms with van der Waals surface area (Å²) in [6, 6.07) is 2.98. The second-order valence-corrected chi connectivity index (χ2v) is 9.32. The average Bonchev–Trinajstić information content (AvgIpc) is 2.54. The molecule has 0 spiro atoms. The van der Waals surface area contributed by atoms with Crippen molar-refractivity contribution in [2.45, 2.75) is 44.0 Å². The molecule has 4 N–H and O–H groups in total. The van der Waals surface area contributed by atoms with Gasteiger partial charge < -0.3 is 5.73 Å². The maximum atomic E-state index is 14.0. The molecule has 0 saturated carbocycles. The normalized spacial score (nSPS) is 12.5. The summed E-state index contributed by atoms with van der Waals surface area (Å²) in [7, 11) is -7.60. The third-order valence-electron chi connectivity index (χ3n) is 3.92. The molecule has 0 radical (unpaired) electrons. The van der Waals surface area contributed by atoms with Crippen LogP contribution in [0.2, 0.25) is 0 Å². The van der Waals surface area contributed by atoms with Crippen molar-refractivity contribution in [2.24, 2.45) is 5.73 Å². The molecule has 0 aliphatic rings. The molecule has 7 nitrogen and oxygen atoms in total. The SMILES string of the molecule is CCC(N)(CC)CNS(=O)(=O)c1ccc(NS(=O)(=O)CC)c(F)c1.Cl. The minimum absolute atomic E-state index is 0. The minimum Gasteiger partial charge on any atom is -0.324 e. The van der Waals surface area contributed by atoms with E-state index in [1.54, 1.807) is 0 Å². The fraction of sp³-hybridized carbons (Fsp3) is 0.571. The molecule has 0 aliphatic heterocycles. The van der Waals surface area contributed by atoms with Crippen LogP contribution in [0, 0.1) is 5.82 Å². The Hall–Kier alpha value is -0.940. The van der Waals surface area contributed by atoms with E-state index in [0.29, 0.717) is 12.8 Å². The highest BCUT2D eigenvalue weighted by Gasteiger charge is 2.24. The maximum Gasteiger partial charge on any atom is 0.240 e. The Labute approximate surface area is 155 Å². The molecule has 0 amide bonds. The lowest BCUT2D eigenvalue weighted by atomic mass is 9.95. The van der Waals surface area contributed by atoms with Crippen molar-refractivity contribution in [3.05, 3.63) is 24.0 Å². The number of hydrogen-bond acceptors (Lipinski definition) is 5. The average molecular weight is 418 g/mol. The number of sulfonamides is 2. The van der Waals surface area contributed by atoms with Crippen LogP contribution in [-0.2, 0) is 20.0 Å². The van der Waals surface area contributed by atoms with Crippen molar-refractivity contribution in [2.75, 3.05) is 17.0 Å². The number of benzene rings is 1. The molecule has 146 valence electrons. The van der Waals surface area contributed by atoms with E-state index in [9.17, 15) is 21.2 Å². The van der Waals surface area contributed by atoms with E-state index in [1.807, 2.05) is 13.8 Å². The molecule has 0 atom stereocenters. The van der Waals surface area contributed by atoms with Crippen molar-refractivity contribution in [1.82, 2.24) is 4.72 Å². The molecular formula is C14H25ClFN3O4S2. The van der Waals surface area contributed by atoms with Crippen molar-refractivity contribution in [3.63, 3.8) is 0 Å². The molecule has 0 unspecified atom stereocenters. The second-order valence-electron chi connectivity index (χ2n) is 5.54. The first-order chi connectivity index (χ1) is 11.0. The van der Waals surface area contributed by atoms with E-state index < -0.39 is 31.4 Å². The van der Waals surface area contributed by atoms with Crippen molar-refractivity contribution in [1.29, 1.82) is 0 Å². The highest BCUT2D eigenvalue weighted by Crippen LogP contribution is 2.20. The van der Waals surface area contributed by atoms with Crippen LogP contribution in [0.1, 0.15) is 33.6 Å². The minimum atomic E-state index is -3.95. The van der Waals surface area contributed by atoms with Gasteiger partial charge in [-0.2, -0.15) is 0 Å². The number of anilines is 1. The lowest BCUT2D eigenvalue weighted by Crippen LogP contribution is -2.49. The van der Waals surface area contributed by atoms with E-state index in [0.717, 1.165) is 18.2 Å². The van der Waals surface area contributed by atoms with Gasteiger partial charge in [-0.15, -0.1) is 12.4 Å². The molecule has 0 aliphatic carbocycles. The topological polar surface area (TPSA) is 118 Å². The van der Waals surface area contributed by atoms with Crippen LogP contribution in [0.25, 0.3) is 0 Å². The second kappa shape index (κ2) is 9.13. The van der Waals surface area contributed by atoms with Crippen LogP contribution in [0.4, 0.5) is 10.1 Å². The quantitative estimate of drug-likeness (QED) is 0.566. The van der Waals surface area contributed by atoms with Gasteiger partial charge in [0.1, 0.15) is 5.82 Å². The van der Waals surface area contributed by atoms with Crippen LogP contribution >= 0.6 is 12.4 Å². The largest absolute Gasteiger partial charge is 0.324 e. The van der Waals surface area contributed by atoms with Gasteiger partial charge in [-0.3, -0.25) is 4.72 Å². The molecule has 1 aromatic carbocycles. The van der Waals surface area contributed by atoms with E-state index in [1.165, 1.54) is 6.92 Å². The number of nitrogens with two attached hydrogens (primary N) is 1. The zero-order valence-corrected chi connectivity index (χ0v) is 16.8. The van der Waals surface area contributed by atoms with Gasteiger partial charge in [0.25, 0.3) is 0 Å². The van der Waals surface area contributed by atoms with Crippen LogP contribution in [0.15, 0.2) is 23.1 Å². The van der Waals surface area contributed by atoms with Crippen molar-refractivity contribution in [3.8, 4) is 0 Å². The Balaban J connectivity index is 0.00000576. The summed E-state index contributed by atoms with van der Waals surface area (Å²) in [4.78, 5) is -0.297. The smallest absolute Gasteiger partial charge is 0.240 e. The first-order valence-electron chi connectivity index (χ1n) is 7.57. The van der Waals surface area contributed by atoms with E-state index in [-0.39, 0.29) is 35.3 Å². The molecule has 25 heavy (non-hydrogen) atoms. The standard InChI is InChI=1S/C14H24FN3O4S2.ClH/c1-4-14(16,5-2)10-17-24(21,22)11-7-8-13(12(15)9-11)18-23(19,20)6-3;/h7-9,17-18H,4-6,10,16H2,1-3H3;1H. The number of hydrogen-bond donors (Lipinski definition) is 3. The highest BCUT2D eigenvalue weighted by atomic mass is 35.5. The van der Waals surface area contributed by atoms with E-state index in [2.05, 4.69) is 9.44 Å². The molecule has 1 rings (SSSR count). The van der Waals surface area contributed by atoms with E-state index in [4.69, 9.17) is 5.73 Å². The lowest BCUT2D eigenvalue weighted by molar-refractivity contribution is 0.391. The Kier molecular flexibility index (Phi) is 8.79. The van der Waals surface area contributed by atoms with Gasteiger partial charge in [0, 0.05) is 12.1 Å². The summed E-state index contributed by atoms with van der Waals surface area (Å²) in [5.41, 5.74) is 5.06. The number of nitrogens with one attached hydrogen (secondary N) is 2. The summed E-state index contributed by atoms with van der Waals surface area (Å²) in [5.74, 6) is -1.19. The fourth-order valence-electron chi connectivity index (χ4n) is 1.81. The zero-order valence-electron chi connectivity index (χ0n) is 14.4. The summed E-state index contributed by atoms with van der Waals surface area (Å²) in [6.45, 7) is 5.13. The number of halogens is 2. The monoisotopic (exact) mass is 417 g/mol. The summed E-state index contributed by atoms with van der Waals surface area (Å²) >= 11 is 0. The molecule has 0 aromatic heterocycles. The van der Waals surface area contributed by atoms with Gasteiger partial charge in [0.05, 0.1) is 16.3 Å². The fourth-order valence-corrected chi connectivity index (χ4v) is 3.60. The van der Waals surface area contributed by atoms with Crippen LogP contribution in [0.5, 0.6) is 0 Å². The third kappa shape index (κ3) is 6.70. The molecule has 0 bridgehead atoms. The molecule has 0 heterocycles. The predicted octanol–water partition coefficient (Wildman–Crippen LogP) is 1.80. The molecular weight excluding hydrogens is 393 g/mol. The Bertz CT molecular complexity index is 781. The van der Waals surface area contributed by atoms with E-state index >= 15 is 0 Å². The number of rotatable bonds is 9. The lowest BCUT2D eigenvalue weighted by Gasteiger charge is -2.26. The van der Waals surface area contributed by atoms with Gasteiger partial charge in [-0.25, -0.2) is 25.9 Å². The molecule has 0 saturated heterocycles. The predicted molar refractivity (Wildman–Crippen MR) is 99.4 cm³/mol. The van der Waals surface area contributed by atoms with Gasteiger partial charge in [0.2, 0.25) is 20.0 Å². The Morgan fingerprint density at radius 2 is 1.68 bits per heavy atom. The van der Waals surface area contributed by atoms with Gasteiger partial charge >= 0.3 is 0 Å². The Morgan fingerprint density at radius 1 is 1.12 bits per heavy atom. The summed E-state index contributed by atoms with van der Waals surface area (Å²) in [6.07, 6.45) is 1.16. The van der Waals surface area contributed by atoms with Crippen LogP contribution < -0.4 is 15.2 Å². The maximum absolute atomic E-state index is 14.0. The van der Waals surface area contributed by atoms with Gasteiger partial charge in [-0.1, -0.05) is 13.8 Å². The van der Waals surface area contributed by atoms with Gasteiger partial charge in [0.15, 0.2) is 0 Å². The molecule has 11 heteroatoms. The van der Waals surface area contributed by atoms with Crippen molar-refractivity contribution < 1.29 is 21.2 Å². The summed E-state index contributed by atoms with van der Waals surface area (Å²) in [5, 5.41) is 0. The van der Waals surface area contributed by atoms with Gasteiger partial charge in [-0.05, 0) is 38.0 Å². The first-order valence-corrected chi connectivity index (χ1v) is 10.7. The highest BCUT2D eigenvalue weighted by molar-refractivity contribution is 7.92. The molecule has 0 fully saturated rings. The first kappa shape index (κ1) is 24.1.